The van der Waals surface area contributed by atoms with E-state index in [2.05, 4.69) is 183 Å². The van der Waals surface area contributed by atoms with Crippen molar-refractivity contribution in [2.24, 2.45) is 23.7 Å². The Labute approximate surface area is 587 Å². The van der Waals surface area contributed by atoms with Crippen molar-refractivity contribution in [3.63, 3.8) is 0 Å². The Morgan fingerprint density at radius 2 is 0.768 bits per heavy atom. The highest BCUT2D eigenvalue weighted by Gasteiger charge is 2.49. The fraction of sp³-hybridized carbons (Fsp3) is 0.341. The van der Waals surface area contributed by atoms with Gasteiger partial charge in [0, 0.05) is 132 Å². The van der Waals surface area contributed by atoms with Crippen LogP contribution in [0.4, 0.5) is 0 Å². The molecule has 5 fully saturated rings. The van der Waals surface area contributed by atoms with E-state index in [0.717, 1.165) is 96.9 Å². The molecular weight excluding hydrogens is 1270 g/mol. The predicted octanol–water partition coefficient (Wildman–Crippen LogP) is 13.8. The highest BCUT2D eigenvalue weighted by atomic mass is 32.2. The molecule has 6 aliphatic heterocycles. The van der Waals surface area contributed by atoms with Crippen LogP contribution in [0.3, 0.4) is 0 Å². The van der Waals surface area contributed by atoms with Gasteiger partial charge in [0.25, 0.3) is 0 Å². The van der Waals surface area contributed by atoms with E-state index in [1.165, 1.54) is 38.9 Å². The second-order valence-corrected chi connectivity index (χ2v) is 32.1. The van der Waals surface area contributed by atoms with Crippen LogP contribution < -0.4 is 0 Å². The summed E-state index contributed by atoms with van der Waals surface area (Å²) in [6, 6.07) is 89.4. The lowest BCUT2D eigenvalue weighted by Crippen LogP contribution is -2.45. The number of sulfone groups is 1. The van der Waals surface area contributed by atoms with Crippen LogP contribution >= 0.6 is 0 Å². The number of sulfonamides is 1. The molecule has 15 rings (SSSR count). The monoisotopic (exact) mass is 1360 g/mol. The van der Waals surface area contributed by atoms with Gasteiger partial charge in [-0.2, -0.15) is 4.31 Å². The zero-order chi connectivity index (χ0) is 68.8. The number of piperidine rings is 1. The van der Waals surface area contributed by atoms with Crippen molar-refractivity contribution in [3.8, 4) is 0 Å². The van der Waals surface area contributed by atoms with Crippen molar-refractivity contribution < 1.29 is 31.5 Å². The number of carbonyl (C=O) groups is 2. The smallest absolute Gasteiger partial charge is 0.243 e. The first-order valence-corrected chi connectivity index (χ1v) is 38.4. The number of rotatable bonds is 17. The standard InChI is InChI=1S/C29H32N2O4S2.2C19H21NO.C18H21NO/c32-36(33)22-29(27-13-7-8-14-28(27)36)15-17-30(18-16-29)19-24-20-31(21-26(24)23-9-3-1-4-10-23)37(34,35)25-11-5-2-6-12-25;2*1-15(21)18-13-20(12-16-8-4-2-5-9-16)14-19(18)17-10-6-3-7-11-17;20-14-17-12-19(11-15-7-3-1-4-8-15)13-18(17)16-9-5-2-6-10-16/h1-14,24,26H,15-22H2;2*2-11,18-19H,12-14H2,1H3;1-10,17-18,20H,11-14H2/t24-,26+;2*18-,19-;17-,18-/m0101/s1. The van der Waals surface area contributed by atoms with Crippen LogP contribution in [-0.2, 0) is 54.5 Å². The minimum Gasteiger partial charge on any atom is -0.396 e. The molecule has 1 spiro atoms. The molecule has 5 saturated heterocycles. The maximum absolute atomic E-state index is 13.5. The minimum absolute atomic E-state index is 0.114. The summed E-state index contributed by atoms with van der Waals surface area (Å²) in [5.41, 5.74) is 9.74. The van der Waals surface area contributed by atoms with Gasteiger partial charge in [0.1, 0.15) is 11.6 Å². The van der Waals surface area contributed by atoms with Crippen LogP contribution in [0.2, 0.25) is 0 Å². The van der Waals surface area contributed by atoms with Crippen LogP contribution in [0.25, 0.3) is 0 Å². The molecule has 0 radical (unpaired) electrons. The molecule has 14 heteroatoms. The summed E-state index contributed by atoms with van der Waals surface area (Å²) in [5.74, 6) is 2.78. The SMILES string of the molecule is CC(=O)[C@@H]1CN(Cc2ccccc2)C[C@H]1c1ccccc1.CC(=O)[C@H]1CN(Cc2ccccc2)C[C@@H]1c1ccccc1.O=S1(=O)CC2(CCN(C[C@H]3CN(S(=O)(=O)c4ccccc4)C[C@@H]3c3ccccc3)CC2)c2ccccc21.OC[C@H]1CN(Cc2ccccc2)C[C@@H]1c1ccccc1. The van der Waals surface area contributed by atoms with Crippen molar-refractivity contribution in [1.82, 2.24) is 23.9 Å². The van der Waals surface area contributed by atoms with Gasteiger partial charge in [-0.3, -0.25) is 24.3 Å². The molecule has 8 atom stereocenters. The highest BCUT2D eigenvalue weighted by molar-refractivity contribution is 7.91. The Morgan fingerprint density at radius 3 is 1.18 bits per heavy atom. The van der Waals surface area contributed by atoms with Gasteiger partial charge in [0.05, 0.1) is 15.5 Å². The lowest BCUT2D eigenvalue weighted by molar-refractivity contribution is -0.121. The lowest BCUT2D eigenvalue weighted by atomic mass is 9.74. The van der Waals surface area contributed by atoms with E-state index in [1.54, 1.807) is 48.5 Å². The minimum atomic E-state index is -3.57. The van der Waals surface area contributed by atoms with Crippen molar-refractivity contribution >= 4 is 31.4 Å². The number of carbonyl (C=O) groups excluding carboxylic acids is 2. The van der Waals surface area contributed by atoms with E-state index in [9.17, 15) is 31.5 Å². The molecule has 99 heavy (non-hydrogen) atoms. The van der Waals surface area contributed by atoms with E-state index in [1.807, 2.05) is 72.8 Å². The van der Waals surface area contributed by atoms with Crippen LogP contribution in [-0.4, -0.2) is 142 Å². The Balaban J connectivity index is 0.000000131. The molecule has 0 saturated carbocycles. The number of likely N-dealkylation sites (tertiary alicyclic amines) is 4. The first-order chi connectivity index (χ1) is 48.1. The second kappa shape index (κ2) is 33.0. The molecule has 6 heterocycles. The third-order valence-electron chi connectivity index (χ3n) is 21.6. The third-order valence-corrected chi connectivity index (χ3v) is 25.4. The number of hydrogen-bond acceptors (Lipinski definition) is 11. The number of ketones is 2. The molecule has 6 aliphatic rings. The Morgan fingerprint density at radius 1 is 0.414 bits per heavy atom. The molecule has 0 aromatic heterocycles. The van der Waals surface area contributed by atoms with Crippen LogP contribution in [0.15, 0.2) is 277 Å². The third kappa shape index (κ3) is 17.6. The predicted molar refractivity (Wildman–Crippen MR) is 395 cm³/mol. The van der Waals surface area contributed by atoms with Gasteiger partial charge in [0.2, 0.25) is 10.0 Å². The maximum atomic E-state index is 13.5. The molecule has 0 unspecified atom stereocenters. The molecule has 0 bridgehead atoms. The summed E-state index contributed by atoms with van der Waals surface area (Å²) in [6.07, 6.45) is 1.61. The summed E-state index contributed by atoms with van der Waals surface area (Å²) in [5, 5.41) is 9.65. The average Bonchev–Trinajstić information content (AvgIpc) is 1.59. The average molecular weight is 1360 g/mol. The van der Waals surface area contributed by atoms with Gasteiger partial charge < -0.3 is 10.0 Å². The summed E-state index contributed by atoms with van der Waals surface area (Å²) in [6.45, 7) is 15.6. The van der Waals surface area contributed by atoms with Crippen LogP contribution in [0.5, 0.6) is 0 Å². The van der Waals surface area contributed by atoms with E-state index in [4.69, 9.17) is 0 Å². The fourth-order valence-electron chi connectivity index (χ4n) is 16.4. The number of fused-ring (bicyclic) bond motifs is 2. The Kier molecular flexibility index (Phi) is 23.6. The van der Waals surface area contributed by atoms with Gasteiger partial charge in [-0.1, -0.05) is 249 Å². The van der Waals surface area contributed by atoms with E-state index in [0.29, 0.717) is 58.1 Å². The molecule has 0 amide bonds. The normalized spacial score (nSPS) is 23.6. The molecule has 12 nitrogen and oxygen atoms in total. The first-order valence-electron chi connectivity index (χ1n) is 35.3. The number of benzene rings is 9. The van der Waals surface area contributed by atoms with E-state index in [-0.39, 0.29) is 41.4 Å². The van der Waals surface area contributed by atoms with Gasteiger partial charge >= 0.3 is 0 Å². The van der Waals surface area contributed by atoms with Crippen molar-refractivity contribution in [1.29, 1.82) is 0 Å². The number of hydrogen-bond donors (Lipinski definition) is 1. The fourth-order valence-corrected chi connectivity index (χ4v) is 20.2. The molecule has 9 aromatic carbocycles. The summed E-state index contributed by atoms with van der Waals surface area (Å²) < 4.78 is 54.3. The topological polar surface area (TPSA) is 139 Å². The quantitative estimate of drug-likeness (QED) is 0.0932. The zero-order valence-corrected chi connectivity index (χ0v) is 58.8. The van der Waals surface area contributed by atoms with Gasteiger partial charge in [-0.15, -0.1) is 0 Å². The number of aliphatic hydroxyl groups is 1. The van der Waals surface area contributed by atoms with E-state index >= 15 is 0 Å². The molecule has 514 valence electrons. The van der Waals surface area contributed by atoms with Crippen molar-refractivity contribution in [2.75, 3.05) is 84.4 Å². The molecule has 0 aliphatic carbocycles. The molecule has 1 N–H and O–H groups in total. The maximum Gasteiger partial charge on any atom is 0.243 e. The first kappa shape index (κ1) is 70.8. The zero-order valence-electron chi connectivity index (χ0n) is 57.2. The van der Waals surface area contributed by atoms with Crippen LogP contribution in [0.1, 0.15) is 94.9 Å². The molecule has 9 aromatic rings. The van der Waals surface area contributed by atoms with Crippen LogP contribution in [0, 0.1) is 23.7 Å². The number of aliphatic hydroxyl groups excluding tert-OH is 1. The number of Topliss-reactive ketones (excluding diaryl/α,β-unsaturated/α-hetero) is 2. The lowest BCUT2D eigenvalue weighted by Gasteiger charge is -2.40. The van der Waals surface area contributed by atoms with Gasteiger partial charge in [-0.05, 0) is 108 Å². The van der Waals surface area contributed by atoms with Gasteiger partial charge in [0.15, 0.2) is 9.84 Å². The summed E-state index contributed by atoms with van der Waals surface area (Å²) in [4.78, 5) is 34.5. The Hall–Kier alpha value is -8.02. The summed E-state index contributed by atoms with van der Waals surface area (Å²) in [7, 11) is -6.81. The summed E-state index contributed by atoms with van der Waals surface area (Å²) >= 11 is 0. The van der Waals surface area contributed by atoms with Gasteiger partial charge in [-0.25, -0.2) is 16.8 Å². The second-order valence-electron chi connectivity index (χ2n) is 28.2. The largest absolute Gasteiger partial charge is 0.396 e. The van der Waals surface area contributed by atoms with Crippen molar-refractivity contribution in [2.45, 2.75) is 85.2 Å². The highest BCUT2D eigenvalue weighted by Crippen LogP contribution is 2.47. The van der Waals surface area contributed by atoms with Crippen molar-refractivity contribution in [3.05, 3.63) is 311 Å². The van der Waals surface area contributed by atoms with E-state index < -0.39 is 19.9 Å². The number of nitrogens with zero attached hydrogens (tertiary/aromatic N) is 5. The molecular formula is C85H95N5O7S2. The Bertz CT molecular complexity index is 4140.